The summed E-state index contributed by atoms with van der Waals surface area (Å²) in [5.74, 6) is 2.05. The molecule has 0 aliphatic carbocycles. The number of halogens is 1. The summed E-state index contributed by atoms with van der Waals surface area (Å²) in [7, 11) is 4.69. The van der Waals surface area contributed by atoms with Gasteiger partial charge in [0, 0.05) is 17.1 Å². The van der Waals surface area contributed by atoms with Crippen LogP contribution in [0, 0.1) is 0 Å². The van der Waals surface area contributed by atoms with Gasteiger partial charge in [-0.15, -0.1) is 0 Å². The second-order valence-corrected chi connectivity index (χ2v) is 7.09. The maximum atomic E-state index is 12.6. The van der Waals surface area contributed by atoms with Gasteiger partial charge < -0.3 is 24.3 Å². The minimum Gasteiger partial charge on any atom is -0.493 e. The van der Waals surface area contributed by atoms with E-state index in [0.29, 0.717) is 46.7 Å². The van der Waals surface area contributed by atoms with Crippen LogP contribution in [0.2, 0.25) is 5.02 Å². The Balaban J connectivity index is 1.64. The standard InChI is InChI=1S/C24H24ClNO5/c1-28-20-10-6-17(12-22(20)29-2)14-26-24(27)18-7-11-21(23(13-18)30-3)31-15-16-4-8-19(25)9-5-16/h4-13H,14-15H2,1-3H3,(H,26,27). The van der Waals surface area contributed by atoms with E-state index in [1.165, 1.54) is 7.11 Å². The van der Waals surface area contributed by atoms with E-state index in [1.54, 1.807) is 38.5 Å². The maximum absolute atomic E-state index is 12.6. The molecule has 7 heteroatoms. The molecule has 0 aromatic heterocycles. The lowest BCUT2D eigenvalue weighted by Crippen LogP contribution is -2.22. The van der Waals surface area contributed by atoms with Crippen LogP contribution in [0.5, 0.6) is 23.0 Å². The molecule has 0 fully saturated rings. The summed E-state index contributed by atoms with van der Waals surface area (Å²) in [6, 6.07) is 18.0. The van der Waals surface area contributed by atoms with Crippen molar-refractivity contribution in [3.63, 3.8) is 0 Å². The number of amides is 1. The van der Waals surface area contributed by atoms with E-state index in [4.69, 9.17) is 30.5 Å². The highest BCUT2D eigenvalue weighted by molar-refractivity contribution is 6.30. The van der Waals surface area contributed by atoms with Gasteiger partial charge in [-0.05, 0) is 53.6 Å². The predicted octanol–water partition coefficient (Wildman–Crippen LogP) is 4.87. The zero-order valence-corrected chi connectivity index (χ0v) is 18.4. The van der Waals surface area contributed by atoms with Crippen LogP contribution < -0.4 is 24.3 Å². The molecule has 0 spiro atoms. The van der Waals surface area contributed by atoms with Crippen molar-refractivity contribution in [1.29, 1.82) is 0 Å². The Kier molecular flexibility index (Phi) is 7.62. The second kappa shape index (κ2) is 10.6. The zero-order valence-electron chi connectivity index (χ0n) is 17.6. The number of hydrogen-bond donors (Lipinski definition) is 1. The summed E-state index contributed by atoms with van der Waals surface area (Å²) in [5.41, 5.74) is 2.33. The molecule has 1 amide bonds. The third-order valence-electron chi connectivity index (χ3n) is 4.63. The van der Waals surface area contributed by atoms with Gasteiger partial charge in [-0.3, -0.25) is 4.79 Å². The minimum atomic E-state index is -0.225. The molecular formula is C24H24ClNO5. The Morgan fingerprint density at radius 2 is 1.39 bits per heavy atom. The van der Waals surface area contributed by atoms with E-state index in [0.717, 1.165) is 11.1 Å². The van der Waals surface area contributed by atoms with Gasteiger partial charge in [0.05, 0.1) is 21.3 Å². The van der Waals surface area contributed by atoms with E-state index in [2.05, 4.69) is 5.32 Å². The van der Waals surface area contributed by atoms with Crippen molar-refractivity contribution in [3.8, 4) is 23.0 Å². The van der Waals surface area contributed by atoms with Crippen molar-refractivity contribution >= 4 is 17.5 Å². The molecule has 3 rings (SSSR count). The Hall–Kier alpha value is -3.38. The molecule has 0 radical (unpaired) electrons. The van der Waals surface area contributed by atoms with Crippen molar-refractivity contribution in [2.45, 2.75) is 13.2 Å². The van der Waals surface area contributed by atoms with Crippen LogP contribution in [0.4, 0.5) is 0 Å². The first-order chi connectivity index (χ1) is 15.0. The molecule has 1 N–H and O–H groups in total. The van der Waals surface area contributed by atoms with Crippen LogP contribution in [0.15, 0.2) is 60.7 Å². The van der Waals surface area contributed by atoms with E-state index in [-0.39, 0.29) is 5.91 Å². The van der Waals surface area contributed by atoms with Gasteiger partial charge in [-0.1, -0.05) is 29.8 Å². The average molecular weight is 442 g/mol. The fourth-order valence-corrected chi connectivity index (χ4v) is 3.07. The number of hydrogen-bond acceptors (Lipinski definition) is 5. The Bertz CT molecular complexity index is 1040. The van der Waals surface area contributed by atoms with Gasteiger partial charge in [0.15, 0.2) is 23.0 Å². The summed E-state index contributed by atoms with van der Waals surface area (Å²) >= 11 is 5.91. The molecular weight excluding hydrogens is 418 g/mol. The number of carbonyl (C=O) groups excluding carboxylic acids is 1. The second-order valence-electron chi connectivity index (χ2n) is 6.65. The molecule has 0 unspecified atom stereocenters. The summed E-state index contributed by atoms with van der Waals surface area (Å²) in [6.07, 6.45) is 0. The smallest absolute Gasteiger partial charge is 0.251 e. The SMILES string of the molecule is COc1ccc(CNC(=O)c2ccc(OCc3ccc(Cl)cc3)c(OC)c2)cc1OC. The van der Waals surface area contributed by atoms with Crippen LogP contribution in [0.25, 0.3) is 0 Å². The van der Waals surface area contributed by atoms with Crippen molar-refractivity contribution in [1.82, 2.24) is 5.32 Å². The van der Waals surface area contributed by atoms with E-state index < -0.39 is 0 Å². The molecule has 0 heterocycles. The van der Waals surface area contributed by atoms with Crippen LogP contribution in [0.1, 0.15) is 21.5 Å². The highest BCUT2D eigenvalue weighted by Crippen LogP contribution is 2.30. The highest BCUT2D eigenvalue weighted by Gasteiger charge is 2.12. The monoisotopic (exact) mass is 441 g/mol. The number of rotatable bonds is 9. The highest BCUT2D eigenvalue weighted by atomic mass is 35.5. The third kappa shape index (κ3) is 5.83. The largest absolute Gasteiger partial charge is 0.493 e. The topological polar surface area (TPSA) is 66.0 Å². The Morgan fingerprint density at radius 3 is 2.06 bits per heavy atom. The third-order valence-corrected chi connectivity index (χ3v) is 4.89. The maximum Gasteiger partial charge on any atom is 0.251 e. The number of benzene rings is 3. The Morgan fingerprint density at radius 1 is 0.774 bits per heavy atom. The van der Waals surface area contributed by atoms with Crippen molar-refractivity contribution in [3.05, 3.63) is 82.4 Å². The molecule has 0 aliphatic heterocycles. The fraction of sp³-hybridized carbons (Fsp3) is 0.208. The number of ether oxygens (including phenoxy) is 4. The van der Waals surface area contributed by atoms with Gasteiger partial charge in [0.1, 0.15) is 6.61 Å². The van der Waals surface area contributed by atoms with Crippen LogP contribution in [0.3, 0.4) is 0 Å². The molecule has 0 saturated heterocycles. The number of nitrogens with one attached hydrogen (secondary N) is 1. The van der Waals surface area contributed by atoms with Gasteiger partial charge in [-0.25, -0.2) is 0 Å². The number of carbonyl (C=O) groups is 1. The molecule has 3 aromatic carbocycles. The summed E-state index contributed by atoms with van der Waals surface area (Å²) in [4.78, 5) is 12.6. The van der Waals surface area contributed by atoms with Crippen molar-refractivity contribution < 1.29 is 23.7 Å². The average Bonchev–Trinajstić information content (AvgIpc) is 2.81. The molecule has 0 bridgehead atoms. The van der Waals surface area contributed by atoms with Gasteiger partial charge in [-0.2, -0.15) is 0 Å². The lowest BCUT2D eigenvalue weighted by Gasteiger charge is -2.13. The zero-order chi connectivity index (χ0) is 22.2. The van der Waals surface area contributed by atoms with Crippen LogP contribution >= 0.6 is 11.6 Å². The van der Waals surface area contributed by atoms with Crippen LogP contribution in [-0.2, 0) is 13.2 Å². The minimum absolute atomic E-state index is 0.225. The fourth-order valence-electron chi connectivity index (χ4n) is 2.94. The predicted molar refractivity (Wildman–Crippen MR) is 119 cm³/mol. The van der Waals surface area contributed by atoms with Crippen molar-refractivity contribution in [2.75, 3.05) is 21.3 Å². The van der Waals surface area contributed by atoms with E-state index >= 15 is 0 Å². The van der Waals surface area contributed by atoms with Crippen LogP contribution in [-0.4, -0.2) is 27.2 Å². The number of methoxy groups -OCH3 is 3. The summed E-state index contributed by atoms with van der Waals surface area (Å²) in [6.45, 7) is 0.703. The van der Waals surface area contributed by atoms with Gasteiger partial charge >= 0.3 is 0 Å². The van der Waals surface area contributed by atoms with Gasteiger partial charge in [0.25, 0.3) is 5.91 Å². The first-order valence-corrected chi connectivity index (χ1v) is 9.96. The van der Waals surface area contributed by atoms with Gasteiger partial charge in [0.2, 0.25) is 0 Å². The Labute approximate surface area is 186 Å². The molecule has 0 aliphatic rings. The lowest BCUT2D eigenvalue weighted by atomic mass is 10.1. The van der Waals surface area contributed by atoms with E-state index in [9.17, 15) is 4.79 Å². The quantitative estimate of drug-likeness (QED) is 0.513. The lowest BCUT2D eigenvalue weighted by molar-refractivity contribution is 0.0950. The molecule has 6 nitrogen and oxygen atoms in total. The first kappa shape index (κ1) is 22.3. The van der Waals surface area contributed by atoms with Crippen molar-refractivity contribution in [2.24, 2.45) is 0 Å². The molecule has 3 aromatic rings. The molecule has 0 saturated carbocycles. The molecule has 0 atom stereocenters. The summed E-state index contributed by atoms with van der Waals surface area (Å²) in [5, 5.41) is 3.56. The molecule has 31 heavy (non-hydrogen) atoms. The summed E-state index contributed by atoms with van der Waals surface area (Å²) < 4.78 is 21.8. The van der Waals surface area contributed by atoms with E-state index in [1.807, 2.05) is 36.4 Å². The molecule has 162 valence electrons. The first-order valence-electron chi connectivity index (χ1n) is 9.58. The normalized spacial score (nSPS) is 10.3.